The zero-order chi connectivity index (χ0) is 15.2. The summed E-state index contributed by atoms with van der Waals surface area (Å²) in [4.78, 5) is 0. The first-order valence-corrected chi connectivity index (χ1v) is 8.44. The minimum Gasteiger partial charge on any atom is -0.496 e. The molecule has 1 unspecified atom stereocenters. The molecular weight excluding hydrogens is 290 g/mol. The topological polar surface area (TPSA) is 21.3 Å². The van der Waals surface area contributed by atoms with E-state index in [1.165, 1.54) is 0 Å². The van der Waals surface area contributed by atoms with E-state index in [2.05, 4.69) is 33.0 Å². The Hall–Kier alpha value is -0.380. The highest BCUT2D eigenvalue weighted by atomic mass is 35.5. The quantitative estimate of drug-likeness (QED) is 0.771. The van der Waals surface area contributed by atoms with Gasteiger partial charge in [-0.15, -0.1) is 0 Å². The summed E-state index contributed by atoms with van der Waals surface area (Å²) in [5.74, 6) is 1.90. The van der Waals surface area contributed by atoms with E-state index in [4.69, 9.17) is 16.3 Å². The molecule has 1 N–H and O–H groups in total. The Bertz CT molecular complexity index is 417. The number of nitrogens with one attached hydrogen (secondary N) is 1. The largest absolute Gasteiger partial charge is 0.496 e. The van der Waals surface area contributed by atoms with Crippen LogP contribution in [0.25, 0.3) is 0 Å². The maximum atomic E-state index is 6.15. The first kappa shape index (κ1) is 17.7. The van der Waals surface area contributed by atoms with Crippen LogP contribution in [-0.2, 0) is 0 Å². The fourth-order valence-electron chi connectivity index (χ4n) is 1.89. The van der Waals surface area contributed by atoms with Gasteiger partial charge in [-0.3, -0.25) is 0 Å². The molecule has 0 aliphatic carbocycles. The first-order chi connectivity index (χ1) is 9.37. The van der Waals surface area contributed by atoms with E-state index >= 15 is 0 Å². The number of hydrogen-bond donors (Lipinski definition) is 1. The number of hydrogen-bond acceptors (Lipinski definition) is 3. The molecule has 4 heteroatoms. The van der Waals surface area contributed by atoms with Crippen molar-refractivity contribution in [3.05, 3.63) is 28.8 Å². The van der Waals surface area contributed by atoms with E-state index in [0.717, 1.165) is 35.1 Å². The summed E-state index contributed by atoms with van der Waals surface area (Å²) in [5.41, 5.74) is 1.14. The summed E-state index contributed by atoms with van der Waals surface area (Å²) >= 11 is 8.10. The molecule has 114 valence electrons. The molecule has 1 atom stereocenters. The van der Waals surface area contributed by atoms with Crippen LogP contribution < -0.4 is 10.1 Å². The summed E-state index contributed by atoms with van der Waals surface area (Å²) in [7, 11) is 1.71. The van der Waals surface area contributed by atoms with Crippen molar-refractivity contribution in [3.8, 4) is 5.75 Å². The molecule has 0 bridgehead atoms. The van der Waals surface area contributed by atoms with Gasteiger partial charge in [-0.2, -0.15) is 11.8 Å². The number of halogens is 1. The summed E-state index contributed by atoms with van der Waals surface area (Å²) in [5, 5.41) is 4.36. The van der Waals surface area contributed by atoms with Crippen LogP contribution in [0.2, 0.25) is 5.02 Å². The summed E-state index contributed by atoms with van der Waals surface area (Å²) in [6.07, 6.45) is 1.11. The van der Waals surface area contributed by atoms with Crippen molar-refractivity contribution in [1.29, 1.82) is 0 Å². The SMILES string of the molecule is CCCNC(CSC(C)(C)C)c1cc(Cl)ccc1OC. The third kappa shape index (κ3) is 5.94. The van der Waals surface area contributed by atoms with Gasteiger partial charge in [0.1, 0.15) is 5.75 Å². The second-order valence-electron chi connectivity index (χ2n) is 5.82. The number of methoxy groups -OCH3 is 1. The van der Waals surface area contributed by atoms with Gasteiger partial charge in [0.2, 0.25) is 0 Å². The van der Waals surface area contributed by atoms with Crippen LogP contribution in [0.4, 0.5) is 0 Å². The van der Waals surface area contributed by atoms with Gasteiger partial charge < -0.3 is 10.1 Å². The van der Waals surface area contributed by atoms with Crippen LogP contribution in [0.5, 0.6) is 5.75 Å². The maximum Gasteiger partial charge on any atom is 0.123 e. The lowest BCUT2D eigenvalue weighted by atomic mass is 10.1. The molecule has 0 saturated carbocycles. The molecule has 0 saturated heterocycles. The van der Waals surface area contributed by atoms with Crippen molar-refractivity contribution in [2.24, 2.45) is 0 Å². The first-order valence-electron chi connectivity index (χ1n) is 7.08. The van der Waals surface area contributed by atoms with Crippen LogP contribution in [0, 0.1) is 0 Å². The van der Waals surface area contributed by atoms with E-state index in [1.807, 2.05) is 30.0 Å². The average molecular weight is 316 g/mol. The summed E-state index contributed by atoms with van der Waals surface area (Å²) < 4.78 is 5.73. The Morgan fingerprint density at radius 1 is 1.35 bits per heavy atom. The Morgan fingerprint density at radius 3 is 2.60 bits per heavy atom. The minimum atomic E-state index is 0.248. The van der Waals surface area contributed by atoms with Crippen molar-refractivity contribution in [3.63, 3.8) is 0 Å². The predicted molar refractivity (Wildman–Crippen MR) is 91.2 cm³/mol. The van der Waals surface area contributed by atoms with Gasteiger partial charge in [-0.1, -0.05) is 39.3 Å². The van der Waals surface area contributed by atoms with E-state index in [0.29, 0.717) is 0 Å². The van der Waals surface area contributed by atoms with Crippen molar-refractivity contribution in [1.82, 2.24) is 5.32 Å². The molecule has 1 aromatic rings. The molecule has 0 spiro atoms. The van der Waals surface area contributed by atoms with E-state index in [-0.39, 0.29) is 10.8 Å². The van der Waals surface area contributed by atoms with Crippen molar-refractivity contribution < 1.29 is 4.74 Å². The molecule has 0 aliphatic heterocycles. The molecule has 20 heavy (non-hydrogen) atoms. The van der Waals surface area contributed by atoms with Gasteiger partial charge in [-0.05, 0) is 31.2 Å². The van der Waals surface area contributed by atoms with E-state index < -0.39 is 0 Å². The van der Waals surface area contributed by atoms with Crippen LogP contribution in [0.1, 0.15) is 45.7 Å². The third-order valence-corrected chi connectivity index (χ3v) is 4.49. The van der Waals surface area contributed by atoms with Crippen molar-refractivity contribution >= 4 is 23.4 Å². The van der Waals surface area contributed by atoms with E-state index in [9.17, 15) is 0 Å². The normalized spacial score (nSPS) is 13.3. The molecule has 1 rings (SSSR count). The van der Waals surface area contributed by atoms with Gasteiger partial charge in [0.25, 0.3) is 0 Å². The fourth-order valence-corrected chi connectivity index (χ4v) is 3.03. The van der Waals surface area contributed by atoms with Gasteiger partial charge in [-0.25, -0.2) is 0 Å². The van der Waals surface area contributed by atoms with Gasteiger partial charge in [0, 0.05) is 27.1 Å². The molecule has 0 heterocycles. The Balaban J connectivity index is 2.94. The molecule has 0 amide bonds. The molecule has 2 nitrogen and oxygen atoms in total. The molecule has 0 aliphatic rings. The lowest BCUT2D eigenvalue weighted by Gasteiger charge is -2.25. The average Bonchev–Trinajstić information content (AvgIpc) is 2.37. The maximum absolute atomic E-state index is 6.15. The highest BCUT2D eigenvalue weighted by molar-refractivity contribution is 8.00. The highest BCUT2D eigenvalue weighted by Crippen LogP contribution is 2.33. The molecular formula is C16H26ClNOS. The van der Waals surface area contributed by atoms with Gasteiger partial charge >= 0.3 is 0 Å². The fraction of sp³-hybridized carbons (Fsp3) is 0.625. The smallest absolute Gasteiger partial charge is 0.123 e. The van der Waals surface area contributed by atoms with Crippen molar-refractivity contribution in [2.75, 3.05) is 19.4 Å². The zero-order valence-electron chi connectivity index (χ0n) is 13.1. The lowest BCUT2D eigenvalue weighted by Crippen LogP contribution is -2.26. The monoisotopic (exact) mass is 315 g/mol. The number of rotatable bonds is 7. The molecule has 0 radical (unpaired) electrons. The molecule has 0 fully saturated rings. The number of thioether (sulfide) groups is 1. The number of benzene rings is 1. The standard InChI is InChI=1S/C16H26ClNOS/c1-6-9-18-14(11-20-16(2,3)4)13-10-12(17)7-8-15(13)19-5/h7-8,10,14,18H,6,9,11H2,1-5H3. The Labute approximate surface area is 132 Å². The van der Waals surface area contributed by atoms with Crippen LogP contribution in [-0.4, -0.2) is 24.2 Å². The second kappa shape index (κ2) is 8.16. The highest BCUT2D eigenvalue weighted by Gasteiger charge is 2.20. The van der Waals surface area contributed by atoms with Crippen molar-refractivity contribution in [2.45, 2.75) is 44.9 Å². The van der Waals surface area contributed by atoms with Crippen LogP contribution >= 0.6 is 23.4 Å². The molecule has 1 aromatic carbocycles. The van der Waals surface area contributed by atoms with E-state index in [1.54, 1.807) is 7.11 Å². The van der Waals surface area contributed by atoms with Gasteiger partial charge in [0.15, 0.2) is 0 Å². The third-order valence-electron chi connectivity index (χ3n) is 2.89. The zero-order valence-corrected chi connectivity index (χ0v) is 14.7. The minimum absolute atomic E-state index is 0.248. The Kier molecular flexibility index (Phi) is 7.21. The second-order valence-corrected chi connectivity index (χ2v) is 8.10. The number of ether oxygens (including phenoxy) is 1. The lowest BCUT2D eigenvalue weighted by molar-refractivity contribution is 0.402. The van der Waals surface area contributed by atoms with Crippen LogP contribution in [0.3, 0.4) is 0 Å². The summed E-state index contributed by atoms with van der Waals surface area (Å²) in [6.45, 7) is 9.89. The van der Waals surface area contributed by atoms with Crippen LogP contribution in [0.15, 0.2) is 18.2 Å². The Morgan fingerprint density at radius 2 is 2.05 bits per heavy atom. The van der Waals surface area contributed by atoms with Gasteiger partial charge in [0.05, 0.1) is 7.11 Å². The summed E-state index contributed by atoms with van der Waals surface area (Å²) in [6, 6.07) is 6.09. The molecule has 0 aromatic heterocycles. The predicted octanol–water partition coefficient (Wildman–Crippen LogP) is 4.92.